The number of allylic oxidation sites excluding steroid dienone is 1. The lowest BCUT2D eigenvalue weighted by atomic mass is 9.88. The Morgan fingerprint density at radius 3 is 2.32 bits per heavy atom. The molecule has 0 radical (unpaired) electrons. The molecule has 0 aliphatic carbocycles. The maximum atomic E-state index is 13.8. The number of nitrogens with two attached hydrogens (primary N) is 1. The van der Waals surface area contributed by atoms with Crippen LogP contribution in [0.25, 0.3) is 0 Å². The lowest BCUT2D eigenvalue weighted by Crippen LogP contribution is -2.44. The second kappa shape index (κ2) is 11.8. The maximum absolute atomic E-state index is 13.8. The van der Waals surface area contributed by atoms with Crippen LogP contribution in [0, 0.1) is 0 Å². The second-order valence-electron chi connectivity index (χ2n) is 10.7. The van der Waals surface area contributed by atoms with E-state index in [0.29, 0.717) is 23.4 Å². The molecular weight excluding hydrogens is 516 g/mol. The van der Waals surface area contributed by atoms with Crippen LogP contribution in [0.15, 0.2) is 102 Å². The van der Waals surface area contributed by atoms with Crippen LogP contribution in [0.5, 0.6) is 0 Å². The van der Waals surface area contributed by atoms with Gasteiger partial charge in [-0.1, -0.05) is 84.0 Å². The third kappa shape index (κ3) is 6.06. The molecule has 0 aromatic heterocycles. The summed E-state index contributed by atoms with van der Waals surface area (Å²) in [4.78, 5) is 46.2. The second-order valence-corrected chi connectivity index (χ2v) is 10.7. The lowest BCUT2D eigenvalue weighted by Gasteiger charge is -2.26. The van der Waals surface area contributed by atoms with Crippen molar-refractivity contribution in [2.45, 2.75) is 50.7 Å². The van der Waals surface area contributed by atoms with E-state index in [-0.39, 0.29) is 37.1 Å². The number of nitrogens with one attached hydrogen (secondary N) is 1. The Hall–Kier alpha value is -4.72. The van der Waals surface area contributed by atoms with Crippen molar-refractivity contribution in [1.29, 1.82) is 0 Å². The molecule has 2 aliphatic rings. The summed E-state index contributed by atoms with van der Waals surface area (Å²) in [6, 6.07) is 26.4. The average molecular weight is 551 g/mol. The van der Waals surface area contributed by atoms with E-state index in [1.54, 1.807) is 17.9 Å². The van der Waals surface area contributed by atoms with Gasteiger partial charge in [-0.3, -0.25) is 14.4 Å². The SMILES string of the molecule is C/C=C(/C)C(=O)Nc1cccc(C2=NOC3(C2)C[C@@H](C(N)=O)N(C(=O)CC(c2ccccc2)c2ccccc2)C3)c1. The molecule has 2 aliphatic heterocycles. The van der Waals surface area contributed by atoms with Crippen molar-refractivity contribution in [1.82, 2.24) is 4.90 Å². The van der Waals surface area contributed by atoms with Gasteiger partial charge in [-0.15, -0.1) is 0 Å². The fourth-order valence-electron chi connectivity index (χ4n) is 5.56. The Morgan fingerprint density at radius 1 is 1.05 bits per heavy atom. The van der Waals surface area contributed by atoms with Gasteiger partial charge in [-0.25, -0.2) is 0 Å². The van der Waals surface area contributed by atoms with Crippen molar-refractivity contribution in [3.8, 4) is 0 Å². The summed E-state index contributed by atoms with van der Waals surface area (Å²) < 4.78 is 0. The molecule has 2 atom stereocenters. The summed E-state index contributed by atoms with van der Waals surface area (Å²) in [5, 5.41) is 7.25. The molecule has 41 heavy (non-hydrogen) atoms. The molecule has 210 valence electrons. The molecule has 3 amide bonds. The summed E-state index contributed by atoms with van der Waals surface area (Å²) in [6.45, 7) is 3.77. The minimum atomic E-state index is -0.847. The van der Waals surface area contributed by atoms with E-state index in [0.717, 1.165) is 16.7 Å². The summed E-state index contributed by atoms with van der Waals surface area (Å²) in [5.41, 5.74) is 9.75. The predicted molar refractivity (Wildman–Crippen MR) is 158 cm³/mol. The monoisotopic (exact) mass is 550 g/mol. The number of likely N-dealkylation sites (tertiary alicyclic amines) is 1. The summed E-state index contributed by atoms with van der Waals surface area (Å²) in [5.74, 6) is -1.07. The molecule has 3 N–H and O–H groups in total. The number of oxime groups is 1. The smallest absolute Gasteiger partial charge is 0.250 e. The zero-order chi connectivity index (χ0) is 29.0. The number of rotatable bonds is 8. The Labute approximate surface area is 239 Å². The highest BCUT2D eigenvalue weighted by molar-refractivity contribution is 6.06. The van der Waals surface area contributed by atoms with Crippen LogP contribution in [0.1, 0.15) is 55.7 Å². The van der Waals surface area contributed by atoms with E-state index in [4.69, 9.17) is 10.6 Å². The number of amides is 3. The van der Waals surface area contributed by atoms with Crippen LogP contribution in [-0.2, 0) is 19.2 Å². The first kappa shape index (κ1) is 27.8. The van der Waals surface area contributed by atoms with Crippen molar-refractivity contribution in [3.63, 3.8) is 0 Å². The van der Waals surface area contributed by atoms with Gasteiger partial charge in [0.1, 0.15) is 6.04 Å². The molecule has 1 fully saturated rings. The van der Waals surface area contributed by atoms with Gasteiger partial charge in [0, 0.05) is 42.0 Å². The predicted octanol–water partition coefficient (Wildman–Crippen LogP) is 4.76. The van der Waals surface area contributed by atoms with E-state index in [1.165, 1.54) is 0 Å². The van der Waals surface area contributed by atoms with Crippen molar-refractivity contribution in [2.24, 2.45) is 10.9 Å². The van der Waals surface area contributed by atoms with Crippen molar-refractivity contribution in [3.05, 3.63) is 113 Å². The van der Waals surface area contributed by atoms with Crippen LogP contribution in [0.3, 0.4) is 0 Å². The summed E-state index contributed by atoms with van der Waals surface area (Å²) >= 11 is 0. The molecule has 1 spiro atoms. The van der Waals surface area contributed by atoms with E-state index in [1.807, 2.05) is 91.9 Å². The van der Waals surface area contributed by atoms with Gasteiger partial charge >= 0.3 is 0 Å². The van der Waals surface area contributed by atoms with Gasteiger partial charge in [0.25, 0.3) is 5.91 Å². The molecule has 0 bridgehead atoms. The first-order valence-corrected chi connectivity index (χ1v) is 13.8. The summed E-state index contributed by atoms with van der Waals surface area (Å²) in [7, 11) is 0. The van der Waals surface area contributed by atoms with Crippen LogP contribution < -0.4 is 11.1 Å². The number of primary amides is 1. The van der Waals surface area contributed by atoms with Crippen LogP contribution in [0.4, 0.5) is 5.69 Å². The topological polar surface area (TPSA) is 114 Å². The van der Waals surface area contributed by atoms with Gasteiger partial charge < -0.3 is 20.8 Å². The molecule has 8 heteroatoms. The minimum absolute atomic E-state index is 0.163. The fourth-order valence-corrected chi connectivity index (χ4v) is 5.56. The number of carbonyl (C=O) groups excluding carboxylic acids is 3. The number of carbonyl (C=O) groups is 3. The first-order valence-electron chi connectivity index (χ1n) is 13.8. The molecule has 0 saturated carbocycles. The van der Waals surface area contributed by atoms with E-state index in [9.17, 15) is 14.4 Å². The Bertz CT molecular complexity index is 1460. The van der Waals surface area contributed by atoms with Crippen LogP contribution in [0.2, 0.25) is 0 Å². The third-order valence-electron chi connectivity index (χ3n) is 7.92. The Kier molecular flexibility index (Phi) is 8.01. The van der Waals surface area contributed by atoms with E-state index < -0.39 is 17.6 Å². The molecule has 5 rings (SSSR count). The number of anilines is 1. The lowest BCUT2D eigenvalue weighted by molar-refractivity contribution is -0.137. The molecule has 2 heterocycles. The van der Waals surface area contributed by atoms with Gasteiger partial charge in [-0.2, -0.15) is 0 Å². The van der Waals surface area contributed by atoms with Gasteiger partial charge in [-0.05, 0) is 37.1 Å². The molecule has 3 aromatic rings. The van der Waals surface area contributed by atoms with Gasteiger partial charge in [0.05, 0.1) is 12.3 Å². The standard InChI is InChI=1S/C33H34N4O4/c1-3-22(2)32(40)35-26-16-10-15-25(17-26)28-19-33(41-36-28)20-29(31(34)39)37(21-33)30(38)18-27(23-11-6-4-7-12-23)24-13-8-5-9-14-24/h3-17,27,29H,18-21H2,1-2H3,(H2,34,39)(H,35,40)/b22-3-/t29-,33?/m0/s1. The average Bonchev–Trinajstić information content (AvgIpc) is 3.60. The van der Waals surface area contributed by atoms with Gasteiger partial charge in [0.15, 0.2) is 5.60 Å². The highest BCUT2D eigenvalue weighted by Crippen LogP contribution is 2.40. The normalized spacial score (nSPS) is 20.2. The zero-order valence-electron chi connectivity index (χ0n) is 23.2. The molecule has 1 unspecified atom stereocenters. The Morgan fingerprint density at radius 2 is 1.71 bits per heavy atom. The number of benzene rings is 3. The zero-order valence-corrected chi connectivity index (χ0v) is 23.2. The van der Waals surface area contributed by atoms with Crippen molar-refractivity contribution in [2.75, 3.05) is 11.9 Å². The van der Waals surface area contributed by atoms with E-state index >= 15 is 0 Å². The third-order valence-corrected chi connectivity index (χ3v) is 7.92. The first-order chi connectivity index (χ1) is 19.8. The number of hydrogen-bond acceptors (Lipinski definition) is 5. The molecular formula is C33H34N4O4. The molecule has 3 aromatic carbocycles. The Balaban J connectivity index is 1.33. The highest BCUT2D eigenvalue weighted by atomic mass is 16.7. The summed E-state index contributed by atoms with van der Waals surface area (Å²) in [6.07, 6.45) is 2.61. The number of hydrogen-bond donors (Lipinski definition) is 2. The minimum Gasteiger partial charge on any atom is -0.387 e. The van der Waals surface area contributed by atoms with Crippen molar-refractivity contribution >= 4 is 29.1 Å². The maximum Gasteiger partial charge on any atom is 0.250 e. The highest BCUT2D eigenvalue weighted by Gasteiger charge is 2.53. The van der Waals surface area contributed by atoms with Gasteiger partial charge in [0.2, 0.25) is 11.8 Å². The molecule has 1 saturated heterocycles. The quantitative estimate of drug-likeness (QED) is 0.394. The largest absolute Gasteiger partial charge is 0.387 e. The fraction of sp³-hybridized carbons (Fsp3) is 0.273. The van der Waals surface area contributed by atoms with E-state index in [2.05, 4.69) is 10.5 Å². The molecule has 8 nitrogen and oxygen atoms in total. The van der Waals surface area contributed by atoms with Crippen molar-refractivity contribution < 1.29 is 19.2 Å². The van der Waals surface area contributed by atoms with Crippen LogP contribution in [-0.4, -0.2) is 46.5 Å². The number of nitrogens with zero attached hydrogens (tertiary/aromatic N) is 2. The van der Waals surface area contributed by atoms with Crippen LogP contribution >= 0.6 is 0 Å².